The van der Waals surface area contributed by atoms with E-state index in [1.807, 2.05) is 13.0 Å². The van der Waals surface area contributed by atoms with Crippen molar-refractivity contribution in [2.75, 3.05) is 0 Å². The molecule has 2 nitrogen and oxygen atoms in total. The lowest BCUT2D eigenvalue weighted by Gasteiger charge is -2.22. The molecule has 0 spiro atoms. The van der Waals surface area contributed by atoms with Crippen LogP contribution < -0.4 is 0 Å². The quantitative estimate of drug-likeness (QED) is 0.803. The van der Waals surface area contributed by atoms with Gasteiger partial charge >= 0.3 is 0 Å². The minimum Gasteiger partial charge on any atom is -0.330 e. The monoisotopic (exact) mass is 290 g/mol. The van der Waals surface area contributed by atoms with E-state index in [-0.39, 0.29) is 5.82 Å². The van der Waals surface area contributed by atoms with Crippen LogP contribution in [0.5, 0.6) is 0 Å². The van der Waals surface area contributed by atoms with Gasteiger partial charge in [-0.2, -0.15) is 0 Å². The lowest BCUT2D eigenvalue weighted by atomic mass is 9.89. The van der Waals surface area contributed by atoms with Gasteiger partial charge < -0.3 is 9.55 Å². The third kappa shape index (κ3) is 1.85. The van der Waals surface area contributed by atoms with E-state index in [9.17, 15) is 4.39 Å². The van der Waals surface area contributed by atoms with E-state index < -0.39 is 0 Å². The molecule has 1 N–H and O–H groups in total. The number of imidazole rings is 1. The summed E-state index contributed by atoms with van der Waals surface area (Å²) < 4.78 is 16.6. The Morgan fingerprint density at radius 2 is 2.20 bits per heavy atom. The van der Waals surface area contributed by atoms with Crippen molar-refractivity contribution in [2.45, 2.75) is 39.2 Å². The molecule has 20 heavy (non-hydrogen) atoms. The predicted octanol–water partition coefficient (Wildman–Crippen LogP) is 4.58. The molecule has 2 saturated carbocycles. The summed E-state index contributed by atoms with van der Waals surface area (Å²) >= 11 is 5.45. The minimum absolute atomic E-state index is 0.166. The second-order valence-electron chi connectivity index (χ2n) is 6.59. The van der Waals surface area contributed by atoms with Crippen LogP contribution >= 0.6 is 12.2 Å². The fourth-order valence-electron chi connectivity index (χ4n) is 4.30. The van der Waals surface area contributed by atoms with Gasteiger partial charge in [0.1, 0.15) is 5.82 Å². The van der Waals surface area contributed by atoms with E-state index in [4.69, 9.17) is 12.2 Å². The minimum atomic E-state index is -0.166. The summed E-state index contributed by atoms with van der Waals surface area (Å²) in [6.45, 7) is 2.80. The summed E-state index contributed by atoms with van der Waals surface area (Å²) in [7, 11) is 0. The Hall–Kier alpha value is -1.16. The summed E-state index contributed by atoms with van der Waals surface area (Å²) in [5.74, 6) is 2.42. The molecule has 0 amide bonds. The zero-order chi connectivity index (χ0) is 13.9. The molecule has 1 aromatic heterocycles. The van der Waals surface area contributed by atoms with Crippen LogP contribution in [0.3, 0.4) is 0 Å². The topological polar surface area (TPSA) is 20.7 Å². The van der Waals surface area contributed by atoms with Crippen molar-refractivity contribution < 1.29 is 4.39 Å². The van der Waals surface area contributed by atoms with Gasteiger partial charge in [-0.25, -0.2) is 4.39 Å². The molecule has 106 valence electrons. The Balaban J connectivity index is 1.74. The maximum absolute atomic E-state index is 13.7. The summed E-state index contributed by atoms with van der Waals surface area (Å²) in [5.41, 5.74) is 2.56. The molecule has 2 aromatic rings. The Kier molecular flexibility index (Phi) is 2.78. The number of benzene rings is 1. The first-order chi connectivity index (χ1) is 9.61. The van der Waals surface area contributed by atoms with Gasteiger partial charge in [-0.05, 0) is 73.9 Å². The molecule has 2 bridgehead atoms. The van der Waals surface area contributed by atoms with Crippen molar-refractivity contribution in [2.24, 2.45) is 17.8 Å². The largest absolute Gasteiger partial charge is 0.330 e. The number of H-pyrrole nitrogens is 1. The number of nitrogens with one attached hydrogen (secondary N) is 1. The Labute approximate surface area is 123 Å². The Morgan fingerprint density at radius 1 is 1.35 bits per heavy atom. The number of fused-ring (bicyclic) bond motifs is 3. The highest BCUT2D eigenvalue weighted by molar-refractivity contribution is 7.71. The van der Waals surface area contributed by atoms with Gasteiger partial charge in [0.15, 0.2) is 4.77 Å². The van der Waals surface area contributed by atoms with Crippen molar-refractivity contribution in [3.63, 3.8) is 0 Å². The molecule has 1 aromatic carbocycles. The van der Waals surface area contributed by atoms with Gasteiger partial charge in [-0.15, -0.1) is 0 Å². The first-order valence-corrected chi connectivity index (χ1v) is 7.91. The average Bonchev–Trinajstić information content (AvgIpc) is 3.08. The van der Waals surface area contributed by atoms with Crippen molar-refractivity contribution in [3.8, 4) is 0 Å². The zero-order valence-electron chi connectivity index (χ0n) is 11.7. The van der Waals surface area contributed by atoms with Crippen molar-refractivity contribution in [1.29, 1.82) is 0 Å². The number of rotatable bonds is 2. The molecular weight excluding hydrogens is 271 g/mol. The zero-order valence-corrected chi connectivity index (χ0v) is 12.5. The van der Waals surface area contributed by atoms with Crippen molar-refractivity contribution >= 4 is 23.3 Å². The normalized spacial score (nSPS) is 28.6. The smallest absolute Gasteiger partial charge is 0.178 e. The highest BCUT2D eigenvalue weighted by Gasteiger charge is 2.39. The molecule has 0 aliphatic heterocycles. The molecule has 0 radical (unpaired) electrons. The molecule has 4 heteroatoms. The maximum Gasteiger partial charge on any atom is 0.178 e. The highest BCUT2D eigenvalue weighted by Crippen LogP contribution is 2.49. The van der Waals surface area contributed by atoms with Crippen molar-refractivity contribution in [1.82, 2.24) is 9.55 Å². The number of halogens is 1. The number of aryl methyl sites for hydroxylation is 1. The van der Waals surface area contributed by atoms with E-state index in [1.165, 1.54) is 25.7 Å². The van der Waals surface area contributed by atoms with E-state index >= 15 is 0 Å². The lowest BCUT2D eigenvalue weighted by molar-refractivity contribution is 0.297. The lowest BCUT2D eigenvalue weighted by Crippen LogP contribution is -2.17. The Bertz CT molecular complexity index is 730. The van der Waals surface area contributed by atoms with Gasteiger partial charge in [0.2, 0.25) is 0 Å². The predicted molar refractivity (Wildman–Crippen MR) is 80.8 cm³/mol. The second-order valence-corrected chi connectivity index (χ2v) is 6.98. The number of aromatic nitrogens is 2. The van der Waals surface area contributed by atoms with E-state index in [2.05, 4.69) is 9.55 Å². The van der Waals surface area contributed by atoms with Crippen LogP contribution in [0.25, 0.3) is 11.0 Å². The van der Waals surface area contributed by atoms with E-state index in [0.717, 1.165) is 40.1 Å². The third-order valence-corrected chi connectivity index (χ3v) is 5.68. The fraction of sp³-hybridized carbons (Fsp3) is 0.562. The van der Waals surface area contributed by atoms with Crippen LogP contribution in [-0.2, 0) is 6.54 Å². The molecule has 2 fully saturated rings. The fourth-order valence-corrected chi connectivity index (χ4v) is 4.58. The molecule has 0 saturated heterocycles. The summed E-state index contributed by atoms with van der Waals surface area (Å²) in [4.78, 5) is 3.15. The van der Waals surface area contributed by atoms with Gasteiger partial charge in [0, 0.05) is 6.54 Å². The number of nitrogens with zero attached hydrogens (tertiary/aromatic N) is 1. The SMILES string of the molecule is Cc1cc2c(cc1F)[nH]c(=S)n2CC1CC2CCC1C2. The first kappa shape index (κ1) is 12.6. The van der Waals surface area contributed by atoms with Crippen LogP contribution in [0.15, 0.2) is 12.1 Å². The maximum atomic E-state index is 13.7. The molecule has 4 rings (SSSR count). The molecule has 2 aliphatic rings. The van der Waals surface area contributed by atoms with E-state index in [1.54, 1.807) is 6.07 Å². The summed E-state index contributed by atoms with van der Waals surface area (Å²) in [6, 6.07) is 3.49. The van der Waals surface area contributed by atoms with Gasteiger partial charge in [-0.3, -0.25) is 0 Å². The van der Waals surface area contributed by atoms with Crippen LogP contribution in [0.2, 0.25) is 0 Å². The average molecular weight is 290 g/mol. The van der Waals surface area contributed by atoms with Crippen LogP contribution in [0.1, 0.15) is 31.2 Å². The van der Waals surface area contributed by atoms with Gasteiger partial charge in [0.05, 0.1) is 11.0 Å². The molecule has 3 atom stereocenters. The van der Waals surface area contributed by atoms with Gasteiger partial charge in [-0.1, -0.05) is 6.42 Å². The van der Waals surface area contributed by atoms with Crippen LogP contribution in [-0.4, -0.2) is 9.55 Å². The second kappa shape index (κ2) is 4.42. The number of aromatic amines is 1. The number of hydrogen-bond acceptors (Lipinski definition) is 1. The summed E-state index contributed by atoms with van der Waals surface area (Å²) in [6.07, 6.45) is 5.57. The highest BCUT2D eigenvalue weighted by atomic mass is 32.1. The third-order valence-electron chi connectivity index (χ3n) is 5.36. The van der Waals surface area contributed by atoms with Crippen LogP contribution in [0.4, 0.5) is 4.39 Å². The molecule has 1 heterocycles. The molecule has 2 aliphatic carbocycles. The standard InChI is InChI=1S/C16H19FN2S/c1-9-4-15-14(7-13(9)17)18-16(20)19(15)8-12-6-10-2-3-11(12)5-10/h4,7,10-12H,2-3,5-6,8H2,1H3,(H,18,20). The molecule has 3 unspecified atom stereocenters. The van der Waals surface area contributed by atoms with E-state index in [0.29, 0.717) is 5.56 Å². The van der Waals surface area contributed by atoms with Crippen molar-refractivity contribution in [3.05, 3.63) is 28.3 Å². The van der Waals surface area contributed by atoms with Gasteiger partial charge in [0.25, 0.3) is 0 Å². The Morgan fingerprint density at radius 3 is 2.90 bits per heavy atom. The van der Waals surface area contributed by atoms with Crippen LogP contribution in [0, 0.1) is 35.3 Å². The molecular formula is C16H19FN2S. The number of hydrogen-bond donors (Lipinski definition) is 1. The first-order valence-electron chi connectivity index (χ1n) is 7.50. The summed E-state index contributed by atoms with van der Waals surface area (Å²) in [5, 5.41) is 0.